The highest BCUT2D eigenvalue weighted by molar-refractivity contribution is 5.55. The lowest BCUT2D eigenvalue weighted by atomic mass is 9.97. The van der Waals surface area contributed by atoms with Crippen LogP contribution >= 0.6 is 0 Å². The Morgan fingerprint density at radius 3 is 2.79 bits per heavy atom. The first-order chi connectivity index (χ1) is 14.1. The molecule has 0 saturated carbocycles. The first kappa shape index (κ1) is 19.7. The highest BCUT2D eigenvalue weighted by Crippen LogP contribution is 2.27. The molecule has 152 valence electrons. The molecule has 1 aliphatic heterocycles. The van der Waals surface area contributed by atoms with Crippen molar-refractivity contribution in [3.63, 3.8) is 0 Å². The van der Waals surface area contributed by atoms with Gasteiger partial charge in [0, 0.05) is 43.0 Å². The van der Waals surface area contributed by atoms with Gasteiger partial charge in [-0.1, -0.05) is 42.8 Å². The molecule has 1 atom stereocenters. The average molecular weight is 392 g/mol. The monoisotopic (exact) mass is 391 g/mol. The van der Waals surface area contributed by atoms with Crippen molar-refractivity contribution < 1.29 is 4.52 Å². The van der Waals surface area contributed by atoms with Crippen LogP contribution in [0.5, 0.6) is 0 Å². The third kappa shape index (κ3) is 5.07. The Hall–Kier alpha value is -2.60. The first-order valence-electron chi connectivity index (χ1n) is 10.5. The second kappa shape index (κ2) is 8.82. The number of rotatable bonds is 6. The van der Waals surface area contributed by atoms with Gasteiger partial charge in [0.05, 0.1) is 5.92 Å². The van der Waals surface area contributed by atoms with E-state index in [9.17, 15) is 0 Å². The van der Waals surface area contributed by atoms with Gasteiger partial charge in [0.2, 0.25) is 5.89 Å². The molecule has 0 unspecified atom stereocenters. The van der Waals surface area contributed by atoms with Crippen LogP contribution in [-0.2, 0) is 13.0 Å². The standard InChI is InChI=1S/C23H29N5O/c1-16(2)10-21-26-23(29-27-21)20-8-5-9-28(15-20)14-18-12-24-22(25-13-18)19-7-4-6-17(3)11-19/h4,6-7,11-13,16,20H,5,8-10,14-15H2,1-3H3/t20-/m0/s1. The molecule has 0 bridgehead atoms. The molecular weight excluding hydrogens is 362 g/mol. The molecule has 0 spiro atoms. The molecule has 3 aromatic rings. The normalized spacial score (nSPS) is 17.7. The predicted molar refractivity (Wildman–Crippen MR) is 112 cm³/mol. The number of aromatic nitrogens is 4. The molecule has 1 fully saturated rings. The van der Waals surface area contributed by atoms with Crippen molar-refractivity contribution >= 4 is 0 Å². The fraction of sp³-hybridized carbons (Fsp3) is 0.478. The van der Waals surface area contributed by atoms with E-state index in [1.165, 1.54) is 5.56 Å². The highest BCUT2D eigenvalue weighted by atomic mass is 16.5. The molecule has 29 heavy (non-hydrogen) atoms. The molecular formula is C23H29N5O. The SMILES string of the molecule is Cc1cccc(-c2ncc(CN3CCC[C@H](c4nc(CC(C)C)no4)C3)cn2)c1. The Labute approximate surface area is 172 Å². The van der Waals surface area contributed by atoms with Crippen LogP contribution in [-0.4, -0.2) is 38.1 Å². The summed E-state index contributed by atoms with van der Waals surface area (Å²) in [6.45, 7) is 9.28. The largest absolute Gasteiger partial charge is 0.339 e. The fourth-order valence-corrected chi connectivity index (χ4v) is 3.91. The Balaban J connectivity index is 1.38. The highest BCUT2D eigenvalue weighted by Gasteiger charge is 2.26. The molecule has 1 aliphatic rings. The third-order valence-electron chi connectivity index (χ3n) is 5.32. The predicted octanol–water partition coefficient (Wildman–Crippen LogP) is 4.41. The lowest BCUT2D eigenvalue weighted by Crippen LogP contribution is -2.34. The van der Waals surface area contributed by atoms with Gasteiger partial charge in [-0.25, -0.2) is 9.97 Å². The van der Waals surface area contributed by atoms with Crippen molar-refractivity contribution in [2.24, 2.45) is 5.92 Å². The second-order valence-corrected chi connectivity index (χ2v) is 8.51. The molecule has 1 saturated heterocycles. The Morgan fingerprint density at radius 1 is 1.21 bits per heavy atom. The smallest absolute Gasteiger partial charge is 0.231 e. The summed E-state index contributed by atoms with van der Waals surface area (Å²) in [6, 6.07) is 8.29. The van der Waals surface area contributed by atoms with E-state index in [1.807, 2.05) is 18.5 Å². The molecule has 0 aliphatic carbocycles. The summed E-state index contributed by atoms with van der Waals surface area (Å²) < 4.78 is 5.57. The summed E-state index contributed by atoms with van der Waals surface area (Å²) in [4.78, 5) is 16.2. The Bertz CT molecular complexity index is 934. The molecule has 3 heterocycles. The van der Waals surface area contributed by atoms with E-state index in [-0.39, 0.29) is 0 Å². The zero-order valence-corrected chi connectivity index (χ0v) is 17.5. The topological polar surface area (TPSA) is 67.9 Å². The van der Waals surface area contributed by atoms with E-state index in [2.05, 4.69) is 64.0 Å². The van der Waals surface area contributed by atoms with Crippen LogP contribution in [0.15, 0.2) is 41.2 Å². The van der Waals surface area contributed by atoms with Crippen LogP contribution in [0.1, 0.15) is 55.4 Å². The van der Waals surface area contributed by atoms with E-state index >= 15 is 0 Å². The lowest BCUT2D eigenvalue weighted by molar-refractivity contribution is 0.180. The number of aryl methyl sites for hydroxylation is 1. The molecule has 1 aromatic carbocycles. The van der Waals surface area contributed by atoms with Crippen LogP contribution in [0, 0.1) is 12.8 Å². The number of piperidine rings is 1. The van der Waals surface area contributed by atoms with E-state index in [1.54, 1.807) is 0 Å². The molecule has 6 heteroatoms. The minimum atomic E-state index is 0.310. The zero-order valence-electron chi connectivity index (χ0n) is 17.5. The average Bonchev–Trinajstić information content (AvgIpc) is 3.17. The van der Waals surface area contributed by atoms with Crippen molar-refractivity contribution in [1.82, 2.24) is 25.0 Å². The quantitative estimate of drug-likeness (QED) is 0.620. The third-order valence-corrected chi connectivity index (χ3v) is 5.32. The Kier molecular flexibility index (Phi) is 6.00. The van der Waals surface area contributed by atoms with Crippen molar-refractivity contribution in [1.29, 1.82) is 0 Å². The van der Waals surface area contributed by atoms with Gasteiger partial charge in [0.15, 0.2) is 11.6 Å². The maximum atomic E-state index is 5.57. The molecule has 2 aromatic heterocycles. The number of likely N-dealkylation sites (tertiary alicyclic amines) is 1. The van der Waals surface area contributed by atoms with Crippen molar-refractivity contribution in [3.8, 4) is 11.4 Å². The summed E-state index contributed by atoms with van der Waals surface area (Å²) in [6.07, 6.45) is 6.99. The summed E-state index contributed by atoms with van der Waals surface area (Å²) in [5, 5.41) is 4.16. The first-order valence-corrected chi connectivity index (χ1v) is 10.5. The number of benzene rings is 1. The van der Waals surface area contributed by atoms with Crippen molar-refractivity contribution in [3.05, 3.63) is 59.5 Å². The van der Waals surface area contributed by atoms with Crippen LogP contribution in [0.2, 0.25) is 0 Å². The molecule has 0 radical (unpaired) electrons. The van der Waals surface area contributed by atoms with Gasteiger partial charge in [-0.3, -0.25) is 4.90 Å². The molecule has 4 rings (SSSR count). The minimum absolute atomic E-state index is 0.310. The Morgan fingerprint density at radius 2 is 2.03 bits per heavy atom. The summed E-state index contributed by atoms with van der Waals surface area (Å²) in [5.74, 6) is 3.23. The molecule has 6 nitrogen and oxygen atoms in total. The van der Waals surface area contributed by atoms with Crippen molar-refractivity contribution in [2.75, 3.05) is 13.1 Å². The van der Waals surface area contributed by atoms with Gasteiger partial charge >= 0.3 is 0 Å². The summed E-state index contributed by atoms with van der Waals surface area (Å²) in [5.41, 5.74) is 3.41. The summed E-state index contributed by atoms with van der Waals surface area (Å²) in [7, 11) is 0. The number of nitrogens with zero attached hydrogens (tertiary/aromatic N) is 5. The second-order valence-electron chi connectivity index (χ2n) is 8.51. The van der Waals surface area contributed by atoms with E-state index in [0.717, 1.165) is 67.6 Å². The molecule has 0 N–H and O–H groups in total. The maximum Gasteiger partial charge on any atom is 0.231 e. The van der Waals surface area contributed by atoms with E-state index < -0.39 is 0 Å². The van der Waals surface area contributed by atoms with Gasteiger partial charge < -0.3 is 4.52 Å². The fourth-order valence-electron chi connectivity index (χ4n) is 3.91. The van der Waals surface area contributed by atoms with Crippen LogP contribution in [0.3, 0.4) is 0 Å². The minimum Gasteiger partial charge on any atom is -0.339 e. The van der Waals surface area contributed by atoms with Crippen LogP contribution in [0.4, 0.5) is 0 Å². The lowest BCUT2D eigenvalue weighted by Gasteiger charge is -2.30. The number of hydrogen-bond acceptors (Lipinski definition) is 6. The summed E-state index contributed by atoms with van der Waals surface area (Å²) >= 11 is 0. The van der Waals surface area contributed by atoms with Crippen molar-refractivity contribution in [2.45, 2.75) is 52.5 Å². The van der Waals surface area contributed by atoms with E-state index in [0.29, 0.717) is 11.8 Å². The van der Waals surface area contributed by atoms with Gasteiger partial charge in [-0.05, 0) is 38.3 Å². The van der Waals surface area contributed by atoms with E-state index in [4.69, 9.17) is 4.52 Å². The molecule has 0 amide bonds. The van der Waals surface area contributed by atoms with Gasteiger partial charge in [0.25, 0.3) is 0 Å². The van der Waals surface area contributed by atoms with Crippen LogP contribution in [0.25, 0.3) is 11.4 Å². The maximum absolute atomic E-state index is 5.57. The number of hydrogen-bond donors (Lipinski definition) is 0. The van der Waals surface area contributed by atoms with Gasteiger partial charge in [-0.15, -0.1) is 0 Å². The van der Waals surface area contributed by atoms with Gasteiger partial charge in [-0.2, -0.15) is 4.98 Å². The van der Waals surface area contributed by atoms with Gasteiger partial charge in [0.1, 0.15) is 0 Å². The van der Waals surface area contributed by atoms with Crippen LogP contribution < -0.4 is 0 Å². The zero-order chi connectivity index (χ0) is 20.2.